The lowest BCUT2D eigenvalue weighted by Gasteiger charge is -2.06. The number of aromatic carboxylic acids is 1. The van der Waals surface area contributed by atoms with Gasteiger partial charge in [0.2, 0.25) is 10.0 Å². The highest BCUT2D eigenvalue weighted by Gasteiger charge is 2.36. The van der Waals surface area contributed by atoms with E-state index >= 15 is 0 Å². The monoisotopic (exact) mass is 1270 g/mol. The number of halogens is 18. The molecule has 0 saturated heterocycles. The Morgan fingerprint density at radius 1 is 0.597 bits per heavy atom. The van der Waals surface area contributed by atoms with E-state index in [0.717, 1.165) is 12.1 Å². The number of hydrogen-bond donors (Lipinski definition) is 1. The van der Waals surface area contributed by atoms with Gasteiger partial charge in [0.1, 0.15) is 4.88 Å². The van der Waals surface area contributed by atoms with Crippen LogP contribution in [0.4, 0.5) is 75.9 Å². The first-order valence-electron chi connectivity index (χ1n) is 15.3. The van der Waals surface area contributed by atoms with Crippen LogP contribution in [0, 0.1) is 20.1 Å². The Hall–Kier alpha value is -4.32. The van der Waals surface area contributed by atoms with Crippen LogP contribution in [-0.2, 0) is 0 Å². The van der Waals surface area contributed by atoms with Crippen LogP contribution < -0.4 is 23.7 Å². The van der Waals surface area contributed by atoms with Gasteiger partial charge in [0.25, 0.3) is 0 Å². The van der Waals surface area contributed by atoms with Crippen molar-refractivity contribution in [3.05, 3.63) is 92.8 Å². The fourth-order valence-electron chi connectivity index (χ4n) is 3.20. The highest BCUT2D eigenvalue weighted by molar-refractivity contribution is 9.11. The first-order valence-corrected chi connectivity index (χ1v) is 21.7. The zero-order valence-electron chi connectivity index (χ0n) is 31.0. The number of aryl methyl sites for hydroxylation is 1. The Kier molecular flexibility index (Phi) is 24.7. The summed E-state index contributed by atoms with van der Waals surface area (Å²) in [6, 6.07) is 7.21. The number of carbonyl (C=O) groups excluding carboxylic acids is 2. The minimum Gasteiger partial charge on any atom is -0.477 e. The van der Waals surface area contributed by atoms with Gasteiger partial charge in [0.15, 0.2) is 37.4 Å². The number of carboxylic acids is 1. The van der Waals surface area contributed by atoms with Gasteiger partial charge in [-0.3, -0.25) is 9.59 Å². The largest absolute Gasteiger partial charge is 0.573 e. The van der Waals surface area contributed by atoms with Gasteiger partial charge in [0.05, 0.1) is 36.3 Å². The van der Waals surface area contributed by atoms with Gasteiger partial charge in [-0.2, -0.15) is 0 Å². The molecule has 0 spiro atoms. The number of Topliss-reactive ketones (excluding diaryl/α,β-unsaturated/α-hetero) is 1. The van der Waals surface area contributed by atoms with E-state index in [4.69, 9.17) is 18.3 Å². The fraction of sp³-hybridized carbons (Fsp3) is 0.242. The van der Waals surface area contributed by atoms with Crippen LogP contribution in [0.25, 0.3) is 9.69 Å². The van der Waals surface area contributed by atoms with Crippen molar-refractivity contribution in [1.82, 2.24) is 0 Å². The first-order chi connectivity index (χ1) is 29.9. The van der Waals surface area contributed by atoms with Gasteiger partial charge < -0.3 is 28.8 Å². The fourth-order valence-corrected chi connectivity index (χ4v) is 9.11. The molecule has 5 aromatic heterocycles. The van der Waals surface area contributed by atoms with Gasteiger partial charge in [-0.15, -0.1) is 88.5 Å². The normalized spacial score (nSPS) is 11.1. The molecule has 5 aromatic rings. The number of carboxylic acid groups (broad SMARTS) is 1. The molecule has 0 aromatic carbocycles. The van der Waals surface area contributed by atoms with E-state index in [1.54, 1.807) is 6.92 Å². The first kappa shape index (κ1) is 62.7. The van der Waals surface area contributed by atoms with Gasteiger partial charge >= 0.3 is 37.8 Å². The maximum absolute atomic E-state index is 11.7. The lowest BCUT2D eigenvalue weighted by molar-refractivity contribution is -0.274. The quantitative estimate of drug-likeness (QED) is 0.0699. The second-order valence-electron chi connectivity index (χ2n) is 10.4. The van der Waals surface area contributed by atoms with Crippen molar-refractivity contribution in [2.24, 2.45) is 0 Å². The number of carbonyl (C=O) groups is 3. The molecule has 0 aliphatic rings. The Morgan fingerprint density at radius 3 is 1.37 bits per heavy atom. The summed E-state index contributed by atoms with van der Waals surface area (Å²) in [6.07, 6.45) is -23.2. The molecule has 67 heavy (non-hydrogen) atoms. The summed E-state index contributed by atoms with van der Waals surface area (Å²) in [5, 5.41) is 6.99. The van der Waals surface area contributed by atoms with Crippen LogP contribution in [0.3, 0.4) is 0 Å². The maximum atomic E-state index is 11.7. The van der Waals surface area contributed by atoms with Gasteiger partial charge in [-0.25, -0.2) is 14.5 Å². The number of thiophene rings is 5. The highest BCUT2D eigenvalue weighted by atomic mass is 79.9. The summed E-state index contributed by atoms with van der Waals surface area (Å²) in [6.45, 7) is 16.0. The molecule has 0 aliphatic heterocycles. The standard InChI is InChI=1S/C7H4F3NOS.C7H5F3O2S.C6HBrF3NOS.C6H2BrF3O3S.C6H2BrF3O2S.CH4/c1-4-3-5(12-7(8,9)10)13-6(4)11-2;1-4(11)5-2-3-6(13-5)12-7(8,9)10;1-11-4-2-3(7)5(13-4)12-6(8,9)10;7-2-1-3(4(11)12)14-5(2)13-6(8,9)10;7-4-1-3(2-11)13-5(4)12-6(8,9)10;/h3H,1H3;2-3H,1H3;2H;1H,(H,11,12);1-2H;1H4. The number of rotatable bonds is 8. The van der Waals surface area contributed by atoms with Crippen molar-refractivity contribution in [3.8, 4) is 25.3 Å². The number of alkyl halides is 15. The molecule has 0 bridgehead atoms. The predicted molar refractivity (Wildman–Crippen MR) is 224 cm³/mol. The lowest BCUT2D eigenvalue weighted by Crippen LogP contribution is -2.16. The van der Waals surface area contributed by atoms with Gasteiger partial charge in [0, 0.05) is 0 Å². The summed E-state index contributed by atoms with van der Waals surface area (Å²) < 4.78 is 194. The van der Waals surface area contributed by atoms with Crippen LogP contribution in [-0.4, -0.2) is 55.0 Å². The molecule has 0 amide bonds. The minimum absolute atomic E-state index is 0. The molecule has 0 aliphatic carbocycles. The van der Waals surface area contributed by atoms with E-state index < -0.39 is 42.8 Å². The summed E-state index contributed by atoms with van der Waals surface area (Å²) in [4.78, 5) is 37.5. The molecule has 370 valence electrons. The van der Waals surface area contributed by atoms with E-state index in [0.29, 0.717) is 68.5 Å². The zero-order valence-corrected chi connectivity index (χ0v) is 39.8. The topological polar surface area (TPSA) is 126 Å². The van der Waals surface area contributed by atoms with E-state index in [1.165, 1.54) is 31.2 Å². The number of nitrogens with zero attached hydrogens (tertiary/aromatic N) is 2. The third-order valence-electron chi connectivity index (χ3n) is 5.37. The third-order valence-corrected chi connectivity index (χ3v) is 12.8. The molecule has 0 fully saturated rings. The summed E-state index contributed by atoms with van der Waals surface area (Å²) >= 11 is 11.5. The maximum Gasteiger partial charge on any atom is 0.573 e. The SMILES string of the molecule is C.CC(=O)c1ccc(OC(F)(F)F)s1.O=C(O)c1cc(Br)c(OC(F)(F)F)s1.O=Cc1cc(Br)c(OC(F)(F)F)s1.[C-]#[N+]c1cc(Br)c(OC(F)(F)F)s1.[C-]#[N+]c1sc(OC(F)(F)F)cc1C. The van der Waals surface area contributed by atoms with Crippen molar-refractivity contribution < 1.29 is 109 Å². The molecule has 5 rings (SSSR count). The molecule has 1 N–H and O–H groups in total. The summed E-state index contributed by atoms with van der Waals surface area (Å²) in [5.41, 5.74) is 0.499. The number of aldehydes is 1. The number of hydrogen-bond acceptors (Lipinski definition) is 13. The molecule has 11 nitrogen and oxygen atoms in total. The van der Waals surface area contributed by atoms with Gasteiger partial charge in [-0.05, 0) is 104 Å². The molecule has 0 radical (unpaired) electrons. The van der Waals surface area contributed by atoms with Crippen LogP contribution in [0.1, 0.15) is 48.9 Å². The van der Waals surface area contributed by atoms with Crippen molar-refractivity contribution >= 4 is 133 Å². The molecular weight excluding hydrogens is 1250 g/mol. The lowest BCUT2D eigenvalue weighted by atomic mass is 10.4. The van der Waals surface area contributed by atoms with Crippen LogP contribution >= 0.6 is 104 Å². The van der Waals surface area contributed by atoms with Crippen molar-refractivity contribution in [2.75, 3.05) is 0 Å². The van der Waals surface area contributed by atoms with Crippen molar-refractivity contribution in [1.29, 1.82) is 0 Å². The van der Waals surface area contributed by atoms with E-state index in [-0.39, 0.29) is 71.5 Å². The Labute approximate surface area is 410 Å². The second-order valence-corrected chi connectivity index (χ2v) is 18.0. The molecule has 0 unspecified atom stereocenters. The third kappa shape index (κ3) is 26.1. The van der Waals surface area contributed by atoms with Gasteiger partial charge in [-0.1, -0.05) is 41.4 Å². The number of ketones is 1. The molecular formula is C33H18Br3F15N2O9S5. The smallest absolute Gasteiger partial charge is 0.477 e. The minimum atomic E-state index is -4.82. The van der Waals surface area contributed by atoms with Crippen LogP contribution in [0.2, 0.25) is 0 Å². The van der Waals surface area contributed by atoms with Crippen LogP contribution in [0.5, 0.6) is 25.3 Å². The highest BCUT2D eigenvalue weighted by Crippen LogP contribution is 2.43. The average Bonchev–Trinajstić information content (AvgIpc) is 3.97. The van der Waals surface area contributed by atoms with E-state index in [9.17, 15) is 80.2 Å². The van der Waals surface area contributed by atoms with E-state index in [1.807, 2.05) is 0 Å². The summed E-state index contributed by atoms with van der Waals surface area (Å²) in [5.74, 6) is -1.57. The molecule has 34 heteroatoms. The molecule has 0 saturated carbocycles. The zero-order chi connectivity index (χ0) is 51.2. The van der Waals surface area contributed by atoms with Crippen LogP contribution in [0.15, 0.2) is 49.8 Å². The number of ether oxygens (including phenoxy) is 5. The van der Waals surface area contributed by atoms with E-state index in [2.05, 4.69) is 81.2 Å². The molecule has 0 atom stereocenters. The Bertz CT molecular complexity index is 2490. The summed E-state index contributed by atoms with van der Waals surface area (Å²) in [7, 11) is 0. The second kappa shape index (κ2) is 26.4. The molecule has 5 heterocycles. The van der Waals surface area contributed by atoms with Crippen molar-refractivity contribution in [3.63, 3.8) is 0 Å². The Morgan fingerprint density at radius 2 is 1.03 bits per heavy atom. The predicted octanol–water partition coefficient (Wildman–Crippen LogP) is 17.3. The van der Waals surface area contributed by atoms with Crippen molar-refractivity contribution in [2.45, 2.75) is 53.1 Å². The average molecular weight is 1270 g/mol. The Balaban J connectivity index is 0.000000810.